The van der Waals surface area contributed by atoms with E-state index in [1.54, 1.807) is 32.0 Å². The number of carbonyl (C=O) groups excluding carboxylic acids is 2. The van der Waals surface area contributed by atoms with E-state index in [0.29, 0.717) is 16.8 Å². The van der Waals surface area contributed by atoms with Gasteiger partial charge in [0, 0.05) is 36.6 Å². The van der Waals surface area contributed by atoms with Crippen molar-refractivity contribution in [2.75, 3.05) is 17.3 Å². The molecule has 3 N–H and O–H groups in total. The van der Waals surface area contributed by atoms with Crippen LogP contribution in [0.5, 0.6) is 5.75 Å². The molecule has 11 heteroatoms. The van der Waals surface area contributed by atoms with Crippen LogP contribution in [0, 0.1) is 11.6 Å². The monoisotopic (exact) mass is 455 g/mol. The van der Waals surface area contributed by atoms with Crippen LogP contribution in [-0.4, -0.2) is 34.1 Å². The van der Waals surface area contributed by atoms with Crippen molar-refractivity contribution < 1.29 is 28.2 Å². The number of nitrogens with one attached hydrogen (secondary N) is 2. The SMILES string of the molecule is CNC(=O)c1cccc(N2C(=O)OC(C)(C)c3cnc(Nc4cc(F)c(O)c(F)c4)nc32)c1. The molecule has 0 bridgehead atoms. The standard InChI is InChI=1S/C22H19F2N5O4/c1-22(2)14-10-26-20(27-12-8-15(23)17(30)16(24)9-12)28-18(14)29(21(32)33-22)13-6-4-5-11(7-13)19(31)25-3/h4-10,30H,1-3H3,(H,25,31)(H,26,27,28). The molecule has 0 unspecified atom stereocenters. The Bertz CT molecular complexity index is 1260. The maximum Gasteiger partial charge on any atom is 0.421 e. The fraction of sp³-hybridized carbons (Fsp3) is 0.182. The van der Waals surface area contributed by atoms with Gasteiger partial charge in [-0.1, -0.05) is 6.07 Å². The minimum Gasteiger partial charge on any atom is -0.503 e. The Balaban J connectivity index is 1.80. The van der Waals surface area contributed by atoms with Gasteiger partial charge in [0.05, 0.1) is 11.3 Å². The number of aromatic nitrogens is 2. The summed E-state index contributed by atoms with van der Waals surface area (Å²) in [6, 6.07) is 8.06. The fourth-order valence-corrected chi connectivity index (χ4v) is 3.36. The van der Waals surface area contributed by atoms with Gasteiger partial charge in [-0.2, -0.15) is 4.98 Å². The summed E-state index contributed by atoms with van der Waals surface area (Å²) in [5.74, 6) is -3.65. The Morgan fingerprint density at radius 1 is 1.18 bits per heavy atom. The Kier molecular flexibility index (Phi) is 5.32. The van der Waals surface area contributed by atoms with Crippen molar-refractivity contribution in [1.29, 1.82) is 0 Å². The largest absolute Gasteiger partial charge is 0.503 e. The molecule has 0 saturated heterocycles. The van der Waals surface area contributed by atoms with Gasteiger partial charge in [-0.25, -0.2) is 23.5 Å². The van der Waals surface area contributed by atoms with Crippen molar-refractivity contribution in [3.63, 3.8) is 0 Å². The summed E-state index contributed by atoms with van der Waals surface area (Å²) in [5, 5.41) is 14.5. The van der Waals surface area contributed by atoms with Crippen LogP contribution >= 0.6 is 0 Å². The number of cyclic esters (lactones) is 1. The van der Waals surface area contributed by atoms with Gasteiger partial charge in [-0.15, -0.1) is 0 Å². The molecule has 4 rings (SSSR count). The molecular formula is C22H19F2N5O4. The summed E-state index contributed by atoms with van der Waals surface area (Å²) in [6.45, 7) is 3.34. The van der Waals surface area contributed by atoms with E-state index in [-0.39, 0.29) is 23.4 Å². The van der Waals surface area contributed by atoms with Crippen LogP contribution in [0.25, 0.3) is 0 Å². The fourth-order valence-electron chi connectivity index (χ4n) is 3.36. The molecule has 0 saturated carbocycles. The highest BCUT2D eigenvalue weighted by atomic mass is 19.1. The van der Waals surface area contributed by atoms with Crippen molar-refractivity contribution in [3.05, 3.63) is 65.4 Å². The van der Waals surface area contributed by atoms with E-state index in [4.69, 9.17) is 4.74 Å². The van der Waals surface area contributed by atoms with E-state index in [9.17, 15) is 23.5 Å². The maximum absolute atomic E-state index is 13.7. The average molecular weight is 455 g/mol. The van der Waals surface area contributed by atoms with Crippen LogP contribution in [0.2, 0.25) is 0 Å². The van der Waals surface area contributed by atoms with E-state index in [0.717, 1.165) is 12.1 Å². The molecule has 170 valence electrons. The zero-order valence-electron chi connectivity index (χ0n) is 17.8. The van der Waals surface area contributed by atoms with E-state index in [2.05, 4.69) is 20.6 Å². The van der Waals surface area contributed by atoms with Gasteiger partial charge in [0.1, 0.15) is 5.60 Å². The number of hydrogen-bond acceptors (Lipinski definition) is 7. The van der Waals surface area contributed by atoms with Crippen molar-refractivity contribution in [2.45, 2.75) is 19.4 Å². The molecule has 0 aliphatic carbocycles. The third-order valence-electron chi connectivity index (χ3n) is 5.02. The Morgan fingerprint density at radius 3 is 2.55 bits per heavy atom. The van der Waals surface area contributed by atoms with E-state index in [1.165, 1.54) is 24.2 Å². The molecule has 0 atom stereocenters. The highest BCUT2D eigenvalue weighted by Crippen LogP contribution is 2.41. The number of hydrogen-bond donors (Lipinski definition) is 3. The third kappa shape index (κ3) is 4.00. The zero-order valence-corrected chi connectivity index (χ0v) is 17.8. The number of amides is 2. The van der Waals surface area contributed by atoms with Crippen LogP contribution in [0.15, 0.2) is 42.6 Å². The van der Waals surface area contributed by atoms with Crippen molar-refractivity contribution in [3.8, 4) is 5.75 Å². The molecule has 0 spiro atoms. The first-order valence-electron chi connectivity index (χ1n) is 9.78. The van der Waals surface area contributed by atoms with Crippen molar-refractivity contribution >= 4 is 35.1 Å². The van der Waals surface area contributed by atoms with Crippen LogP contribution < -0.4 is 15.5 Å². The molecule has 0 radical (unpaired) electrons. The lowest BCUT2D eigenvalue weighted by Crippen LogP contribution is -2.41. The predicted octanol–water partition coefficient (Wildman–Crippen LogP) is 4.09. The molecule has 3 aromatic rings. The summed E-state index contributed by atoms with van der Waals surface area (Å²) in [4.78, 5) is 34.7. The highest BCUT2D eigenvalue weighted by molar-refractivity contribution is 6.00. The number of fused-ring (bicyclic) bond motifs is 1. The molecule has 9 nitrogen and oxygen atoms in total. The second-order valence-electron chi connectivity index (χ2n) is 7.69. The molecule has 0 fully saturated rings. The van der Waals surface area contributed by atoms with Gasteiger partial charge in [0.2, 0.25) is 5.95 Å². The highest BCUT2D eigenvalue weighted by Gasteiger charge is 2.41. The molecule has 1 aliphatic rings. The quantitative estimate of drug-likeness (QED) is 0.508. The maximum atomic E-state index is 13.7. The predicted molar refractivity (Wildman–Crippen MR) is 115 cm³/mol. The summed E-state index contributed by atoms with van der Waals surface area (Å²) >= 11 is 0. The van der Waals surface area contributed by atoms with Gasteiger partial charge in [0.25, 0.3) is 5.91 Å². The van der Waals surface area contributed by atoms with E-state index < -0.39 is 29.1 Å². The second-order valence-corrected chi connectivity index (χ2v) is 7.69. The normalized spacial score (nSPS) is 14.3. The van der Waals surface area contributed by atoms with Crippen LogP contribution in [0.3, 0.4) is 0 Å². The molecule has 33 heavy (non-hydrogen) atoms. The number of ether oxygens (including phenoxy) is 1. The first-order chi connectivity index (χ1) is 15.6. The average Bonchev–Trinajstić information content (AvgIpc) is 2.76. The smallest absolute Gasteiger partial charge is 0.421 e. The van der Waals surface area contributed by atoms with Crippen LogP contribution in [-0.2, 0) is 10.3 Å². The number of carbonyl (C=O) groups is 2. The molecule has 2 amide bonds. The molecular weight excluding hydrogens is 436 g/mol. The second kappa shape index (κ2) is 8.01. The molecule has 1 aromatic heterocycles. The first kappa shape index (κ1) is 21.9. The summed E-state index contributed by atoms with van der Waals surface area (Å²) in [6.07, 6.45) is 0.702. The van der Waals surface area contributed by atoms with E-state index in [1.807, 2.05) is 0 Å². The number of benzene rings is 2. The molecule has 2 heterocycles. The lowest BCUT2D eigenvalue weighted by atomic mass is 9.98. The van der Waals surface area contributed by atoms with Gasteiger partial charge < -0.3 is 20.5 Å². The van der Waals surface area contributed by atoms with E-state index >= 15 is 0 Å². The lowest BCUT2D eigenvalue weighted by Gasteiger charge is -2.37. The Morgan fingerprint density at radius 2 is 1.88 bits per heavy atom. The summed E-state index contributed by atoms with van der Waals surface area (Å²) in [5.41, 5.74) is 0.00633. The molecule has 1 aliphatic heterocycles. The van der Waals surface area contributed by atoms with Crippen LogP contribution in [0.4, 0.5) is 36.7 Å². The van der Waals surface area contributed by atoms with Gasteiger partial charge in [0.15, 0.2) is 23.2 Å². The minimum absolute atomic E-state index is 0.0476. The van der Waals surface area contributed by atoms with Gasteiger partial charge >= 0.3 is 6.09 Å². The van der Waals surface area contributed by atoms with Gasteiger partial charge in [-0.3, -0.25) is 4.79 Å². The number of nitrogens with zero attached hydrogens (tertiary/aromatic N) is 3. The number of halogens is 2. The lowest BCUT2D eigenvalue weighted by molar-refractivity contribution is 0.0365. The molecule has 2 aromatic carbocycles. The Labute approximate surface area is 187 Å². The summed E-state index contributed by atoms with van der Waals surface area (Å²) < 4.78 is 33.0. The van der Waals surface area contributed by atoms with Crippen LogP contribution in [0.1, 0.15) is 29.8 Å². The number of rotatable bonds is 4. The Hall–Kier alpha value is -4.28. The number of phenolic OH excluding ortho intramolecular Hbond substituents is 1. The number of phenols is 1. The number of aromatic hydroxyl groups is 1. The minimum atomic E-state index is -1.16. The first-order valence-corrected chi connectivity index (χ1v) is 9.78. The zero-order chi connectivity index (χ0) is 23.9. The topological polar surface area (TPSA) is 117 Å². The van der Waals surface area contributed by atoms with Crippen molar-refractivity contribution in [1.82, 2.24) is 15.3 Å². The third-order valence-corrected chi connectivity index (χ3v) is 5.02. The van der Waals surface area contributed by atoms with Crippen molar-refractivity contribution in [2.24, 2.45) is 0 Å². The summed E-state index contributed by atoms with van der Waals surface area (Å²) in [7, 11) is 1.49. The number of anilines is 4. The van der Waals surface area contributed by atoms with Gasteiger partial charge in [-0.05, 0) is 32.0 Å².